The molecule has 0 aliphatic rings. The Kier molecular flexibility index (Phi) is 24.2. The SMILES string of the molecule is CC(=O)O.CC(O)C(=O)O.CCCC(=O)O.N. The zero-order chi connectivity index (χ0) is 13.7. The molecule has 0 spiro atoms. The lowest BCUT2D eigenvalue weighted by Crippen LogP contribution is -2.13. The van der Waals surface area contributed by atoms with E-state index in [2.05, 4.69) is 0 Å². The van der Waals surface area contributed by atoms with Gasteiger partial charge in [0.2, 0.25) is 0 Å². The summed E-state index contributed by atoms with van der Waals surface area (Å²) in [7, 11) is 0. The van der Waals surface area contributed by atoms with Crippen molar-refractivity contribution in [1.82, 2.24) is 6.15 Å². The molecule has 8 nitrogen and oxygen atoms in total. The van der Waals surface area contributed by atoms with E-state index in [9.17, 15) is 9.59 Å². The Morgan fingerprint density at radius 2 is 1.35 bits per heavy atom. The van der Waals surface area contributed by atoms with Crippen LogP contribution in [-0.4, -0.2) is 44.4 Å². The van der Waals surface area contributed by atoms with Gasteiger partial charge in [0, 0.05) is 13.3 Å². The molecule has 0 saturated heterocycles. The van der Waals surface area contributed by atoms with Crippen LogP contribution in [0.5, 0.6) is 0 Å². The van der Waals surface area contributed by atoms with Crippen LogP contribution in [0.3, 0.4) is 0 Å². The van der Waals surface area contributed by atoms with Crippen molar-refractivity contribution in [2.75, 3.05) is 0 Å². The lowest BCUT2D eigenvalue weighted by molar-refractivity contribution is -0.145. The molecule has 0 rings (SSSR count). The van der Waals surface area contributed by atoms with Crippen molar-refractivity contribution in [3.05, 3.63) is 0 Å². The topological polar surface area (TPSA) is 167 Å². The molecule has 0 bridgehead atoms. The predicted molar refractivity (Wildman–Crippen MR) is 60.2 cm³/mol. The minimum absolute atomic E-state index is 0. The Morgan fingerprint density at radius 3 is 1.35 bits per heavy atom. The Hall–Kier alpha value is -1.67. The highest BCUT2D eigenvalue weighted by molar-refractivity contribution is 5.71. The van der Waals surface area contributed by atoms with Gasteiger partial charge in [-0.1, -0.05) is 6.92 Å². The van der Waals surface area contributed by atoms with Crippen LogP contribution < -0.4 is 6.15 Å². The standard InChI is InChI=1S/C4H8O2.C3H6O3.C2H4O2.H3N/c1-2-3-4(5)6;1-2(4)3(5)6;1-2(3)4;/h2-3H2,1H3,(H,5,6);2,4H,1H3,(H,5,6);1H3,(H,3,4);1H3. The van der Waals surface area contributed by atoms with Gasteiger partial charge in [0.15, 0.2) is 0 Å². The quantitative estimate of drug-likeness (QED) is 0.487. The van der Waals surface area contributed by atoms with E-state index in [4.69, 9.17) is 25.2 Å². The number of rotatable bonds is 3. The second-order valence-corrected chi connectivity index (χ2v) is 2.68. The maximum atomic E-state index is 9.60. The van der Waals surface area contributed by atoms with Crippen molar-refractivity contribution in [3.63, 3.8) is 0 Å². The van der Waals surface area contributed by atoms with Gasteiger partial charge in [-0.2, -0.15) is 0 Å². The predicted octanol–water partition coefficient (Wildman–Crippen LogP) is 0.576. The summed E-state index contributed by atoms with van der Waals surface area (Å²) in [5, 5.41) is 31.1. The van der Waals surface area contributed by atoms with E-state index in [1.165, 1.54) is 6.92 Å². The third kappa shape index (κ3) is 76.7. The van der Waals surface area contributed by atoms with E-state index >= 15 is 0 Å². The first-order chi connectivity index (χ1) is 7.14. The highest BCUT2D eigenvalue weighted by Crippen LogP contribution is 1.82. The van der Waals surface area contributed by atoms with E-state index in [-0.39, 0.29) is 6.15 Å². The zero-order valence-corrected chi connectivity index (χ0v) is 10.2. The molecule has 17 heavy (non-hydrogen) atoms. The molecule has 0 aliphatic carbocycles. The minimum Gasteiger partial charge on any atom is -0.481 e. The van der Waals surface area contributed by atoms with Crippen LogP contribution in [0.25, 0.3) is 0 Å². The molecule has 0 fully saturated rings. The molecule has 0 aromatic heterocycles. The second-order valence-electron chi connectivity index (χ2n) is 2.68. The first kappa shape index (κ1) is 24.5. The molecule has 0 amide bonds. The van der Waals surface area contributed by atoms with Gasteiger partial charge < -0.3 is 26.6 Å². The van der Waals surface area contributed by atoms with E-state index in [0.29, 0.717) is 6.42 Å². The van der Waals surface area contributed by atoms with Crippen molar-refractivity contribution < 1.29 is 34.8 Å². The van der Waals surface area contributed by atoms with Gasteiger partial charge >= 0.3 is 11.9 Å². The van der Waals surface area contributed by atoms with Crippen molar-refractivity contribution in [3.8, 4) is 0 Å². The largest absolute Gasteiger partial charge is 0.481 e. The fraction of sp³-hybridized carbons (Fsp3) is 0.667. The lowest BCUT2D eigenvalue weighted by atomic mass is 10.4. The van der Waals surface area contributed by atoms with Crippen LogP contribution in [0.1, 0.15) is 33.6 Å². The van der Waals surface area contributed by atoms with Crippen molar-refractivity contribution >= 4 is 17.9 Å². The number of carboxylic acids is 3. The lowest BCUT2D eigenvalue weighted by Gasteiger charge is -1.89. The fourth-order valence-electron chi connectivity index (χ4n) is 0.214. The van der Waals surface area contributed by atoms with Crippen LogP contribution >= 0.6 is 0 Å². The zero-order valence-electron chi connectivity index (χ0n) is 10.2. The highest BCUT2D eigenvalue weighted by Gasteiger charge is 2.01. The molecule has 104 valence electrons. The Morgan fingerprint density at radius 1 is 1.12 bits per heavy atom. The molecule has 8 heteroatoms. The summed E-state index contributed by atoms with van der Waals surface area (Å²) in [5.41, 5.74) is 0. The van der Waals surface area contributed by atoms with E-state index < -0.39 is 24.0 Å². The number of aliphatic hydroxyl groups excluding tert-OH is 1. The average molecular weight is 255 g/mol. The first-order valence-electron chi connectivity index (χ1n) is 4.47. The second kappa shape index (κ2) is 16.7. The summed E-state index contributed by atoms with van der Waals surface area (Å²) in [4.78, 5) is 28.0. The average Bonchev–Trinajstić information content (AvgIpc) is 2.03. The molecule has 0 radical (unpaired) electrons. The summed E-state index contributed by atoms with van der Waals surface area (Å²) >= 11 is 0. The van der Waals surface area contributed by atoms with Gasteiger partial charge in [-0.15, -0.1) is 0 Å². The number of aliphatic carboxylic acids is 3. The molecule has 0 aliphatic heterocycles. The van der Waals surface area contributed by atoms with E-state index in [0.717, 1.165) is 13.3 Å². The van der Waals surface area contributed by atoms with E-state index in [1.54, 1.807) is 0 Å². The van der Waals surface area contributed by atoms with Crippen LogP contribution in [0.2, 0.25) is 0 Å². The molecule has 0 heterocycles. The van der Waals surface area contributed by atoms with Crippen molar-refractivity contribution in [2.45, 2.75) is 39.7 Å². The van der Waals surface area contributed by atoms with Gasteiger partial charge in [0.25, 0.3) is 5.97 Å². The summed E-state index contributed by atoms with van der Waals surface area (Å²) in [6.45, 7) is 4.12. The summed E-state index contributed by atoms with van der Waals surface area (Å²) in [6.07, 6.45) is -0.208. The summed E-state index contributed by atoms with van der Waals surface area (Å²) in [6, 6.07) is 0. The maximum absolute atomic E-state index is 9.60. The molecule has 1 atom stereocenters. The van der Waals surface area contributed by atoms with E-state index in [1.807, 2.05) is 6.92 Å². The smallest absolute Gasteiger partial charge is 0.332 e. The van der Waals surface area contributed by atoms with Gasteiger partial charge in [-0.05, 0) is 13.3 Å². The maximum Gasteiger partial charge on any atom is 0.332 e. The normalized spacial score (nSPS) is 9.18. The van der Waals surface area contributed by atoms with Crippen LogP contribution in [-0.2, 0) is 14.4 Å². The third-order valence-corrected chi connectivity index (χ3v) is 0.821. The van der Waals surface area contributed by atoms with Gasteiger partial charge in [0.1, 0.15) is 6.10 Å². The number of hydrogen-bond acceptors (Lipinski definition) is 5. The Balaban J connectivity index is -0.0000000741. The molecule has 7 N–H and O–H groups in total. The monoisotopic (exact) mass is 255 g/mol. The minimum atomic E-state index is -1.23. The van der Waals surface area contributed by atoms with Crippen molar-refractivity contribution in [2.24, 2.45) is 0 Å². The first-order valence-corrected chi connectivity index (χ1v) is 4.47. The number of carbonyl (C=O) groups is 3. The van der Waals surface area contributed by atoms with Gasteiger partial charge in [-0.25, -0.2) is 4.79 Å². The van der Waals surface area contributed by atoms with Crippen LogP contribution in [0, 0.1) is 0 Å². The molecular weight excluding hydrogens is 234 g/mol. The fourth-order valence-corrected chi connectivity index (χ4v) is 0.214. The van der Waals surface area contributed by atoms with Crippen molar-refractivity contribution in [1.29, 1.82) is 0 Å². The Bertz CT molecular complexity index is 211. The van der Waals surface area contributed by atoms with Gasteiger partial charge in [-0.3, -0.25) is 9.59 Å². The van der Waals surface area contributed by atoms with Crippen LogP contribution in [0.4, 0.5) is 0 Å². The summed E-state index contributed by atoms with van der Waals surface area (Å²) in [5.74, 6) is -2.73. The Labute approximate surface area is 99.5 Å². The highest BCUT2D eigenvalue weighted by atomic mass is 16.4. The van der Waals surface area contributed by atoms with Crippen LogP contribution in [0.15, 0.2) is 0 Å². The third-order valence-electron chi connectivity index (χ3n) is 0.821. The number of carboxylic acid groups (broad SMARTS) is 3. The molecule has 1 unspecified atom stereocenters. The summed E-state index contributed by atoms with van der Waals surface area (Å²) < 4.78 is 0. The molecular formula is C9H21NO7. The van der Waals surface area contributed by atoms with Gasteiger partial charge in [0.05, 0.1) is 0 Å². The number of hydrogen-bond donors (Lipinski definition) is 5. The number of aliphatic hydroxyl groups is 1. The molecule has 0 aromatic rings. The molecule has 0 saturated carbocycles. The molecule has 0 aromatic carbocycles.